The molecule has 1 saturated heterocycles. The average molecular weight is 345 g/mol. The summed E-state index contributed by atoms with van der Waals surface area (Å²) in [6.07, 6.45) is 0. The van der Waals surface area contributed by atoms with Crippen LogP contribution < -0.4 is 9.47 Å². The number of carbonyl (C=O) groups excluding carboxylic acids is 1. The summed E-state index contributed by atoms with van der Waals surface area (Å²) in [5.74, 6) is 1.47. The van der Waals surface area contributed by atoms with Crippen LogP contribution in [0, 0.1) is 5.82 Å². The molecule has 0 aromatic heterocycles. The van der Waals surface area contributed by atoms with Gasteiger partial charge in [0.2, 0.25) is 0 Å². The molecule has 24 heavy (non-hydrogen) atoms. The number of amides is 1. The predicted molar refractivity (Wildman–Crippen MR) is 90.1 cm³/mol. The fourth-order valence-electron chi connectivity index (χ4n) is 2.96. The van der Waals surface area contributed by atoms with Crippen LogP contribution in [0.15, 0.2) is 42.5 Å². The predicted octanol–water partition coefficient (Wildman–Crippen LogP) is 3.48. The van der Waals surface area contributed by atoms with E-state index in [9.17, 15) is 9.18 Å². The van der Waals surface area contributed by atoms with Crippen molar-refractivity contribution in [1.29, 1.82) is 0 Å². The quantitative estimate of drug-likeness (QED) is 0.835. The fourth-order valence-corrected chi connectivity index (χ4v) is 4.20. The lowest BCUT2D eigenvalue weighted by Crippen LogP contribution is -2.31. The van der Waals surface area contributed by atoms with Crippen molar-refractivity contribution in [3.8, 4) is 11.5 Å². The van der Waals surface area contributed by atoms with Crippen LogP contribution in [0.4, 0.5) is 4.39 Å². The monoisotopic (exact) mass is 345 g/mol. The first-order chi connectivity index (χ1) is 11.7. The zero-order valence-corrected chi connectivity index (χ0v) is 13.7. The maximum Gasteiger partial charge on any atom is 0.258 e. The number of ether oxygens (including phenoxy) is 2. The minimum atomic E-state index is -0.486. The Labute approximate surface area is 143 Å². The standard InChI is InChI=1S/C18H16FNO3S/c19-14-4-2-1-3-13(14)17(21)20-7-10-24-18(20)12-5-6-15-16(11-12)23-9-8-22-15/h1-6,11,18H,7-10H2. The molecular formula is C18H16FNO3S. The largest absolute Gasteiger partial charge is 0.486 e. The highest BCUT2D eigenvalue weighted by molar-refractivity contribution is 7.99. The highest BCUT2D eigenvalue weighted by atomic mass is 32.2. The minimum Gasteiger partial charge on any atom is -0.486 e. The summed E-state index contributed by atoms with van der Waals surface area (Å²) in [5, 5.41) is -0.145. The zero-order chi connectivity index (χ0) is 16.5. The molecule has 2 aliphatic heterocycles. The average Bonchev–Trinajstić information content (AvgIpc) is 3.11. The molecule has 2 heterocycles. The SMILES string of the molecule is O=C(c1ccccc1F)N1CCSC1c1ccc2c(c1)OCCO2. The molecule has 0 bridgehead atoms. The van der Waals surface area contributed by atoms with Gasteiger partial charge in [-0.15, -0.1) is 11.8 Å². The smallest absolute Gasteiger partial charge is 0.258 e. The van der Waals surface area contributed by atoms with Gasteiger partial charge >= 0.3 is 0 Å². The van der Waals surface area contributed by atoms with E-state index in [0.717, 1.165) is 17.1 Å². The molecule has 0 aliphatic carbocycles. The second-order valence-corrected chi connectivity index (χ2v) is 6.79. The summed E-state index contributed by atoms with van der Waals surface area (Å²) in [4.78, 5) is 14.5. The molecule has 0 N–H and O–H groups in total. The molecule has 1 atom stereocenters. The van der Waals surface area contributed by atoms with E-state index >= 15 is 0 Å². The summed E-state index contributed by atoms with van der Waals surface area (Å²) < 4.78 is 25.1. The van der Waals surface area contributed by atoms with Gasteiger partial charge in [0.05, 0.1) is 5.56 Å². The lowest BCUT2D eigenvalue weighted by molar-refractivity contribution is 0.0755. The number of halogens is 1. The summed E-state index contributed by atoms with van der Waals surface area (Å²) in [6, 6.07) is 11.8. The molecular weight excluding hydrogens is 329 g/mol. The third-order valence-corrected chi connectivity index (χ3v) is 5.37. The third kappa shape index (κ3) is 2.71. The second-order valence-electron chi connectivity index (χ2n) is 5.60. The van der Waals surface area contributed by atoms with Crippen molar-refractivity contribution in [3.05, 3.63) is 59.4 Å². The number of hydrogen-bond acceptors (Lipinski definition) is 4. The van der Waals surface area contributed by atoms with Crippen LogP contribution in [0.25, 0.3) is 0 Å². The van der Waals surface area contributed by atoms with Gasteiger partial charge < -0.3 is 14.4 Å². The summed E-state index contributed by atoms with van der Waals surface area (Å²) >= 11 is 1.67. The number of thioether (sulfide) groups is 1. The normalized spacial score (nSPS) is 19.4. The van der Waals surface area contributed by atoms with E-state index in [1.54, 1.807) is 28.8 Å². The van der Waals surface area contributed by atoms with E-state index in [1.165, 1.54) is 12.1 Å². The second kappa shape index (κ2) is 6.36. The molecule has 0 saturated carbocycles. The van der Waals surface area contributed by atoms with Crippen molar-refractivity contribution < 1.29 is 18.7 Å². The fraction of sp³-hybridized carbons (Fsp3) is 0.278. The number of nitrogens with zero attached hydrogens (tertiary/aromatic N) is 1. The molecule has 2 aromatic rings. The molecule has 1 amide bonds. The first kappa shape index (κ1) is 15.3. The van der Waals surface area contributed by atoms with E-state index in [-0.39, 0.29) is 16.8 Å². The van der Waals surface area contributed by atoms with E-state index in [4.69, 9.17) is 9.47 Å². The lowest BCUT2D eigenvalue weighted by atomic mass is 10.1. The van der Waals surface area contributed by atoms with Crippen LogP contribution in [-0.4, -0.2) is 36.3 Å². The Bertz CT molecular complexity index is 783. The number of fused-ring (bicyclic) bond motifs is 1. The Morgan fingerprint density at radius 3 is 2.75 bits per heavy atom. The Kier molecular flexibility index (Phi) is 4.06. The van der Waals surface area contributed by atoms with E-state index in [1.807, 2.05) is 18.2 Å². The molecule has 1 unspecified atom stereocenters. The van der Waals surface area contributed by atoms with Crippen molar-refractivity contribution >= 4 is 17.7 Å². The molecule has 2 aromatic carbocycles. The lowest BCUT2D eigenvalue weighted by Gasteiger charge is -2.26. The van der Waals surface area contributed by atoms with Gasteiger partial charge in [0.15, 0.2) is 11.5 Å². The van der Waals surface area contributed by atoms with Crippen molar-refractivity contribution in [3.63, 3.8) is 0 Å². The van der Waals surface area contributed by atoms with Gasteiger partial charge in [-0.1, -0.05) is 18.2 Å². The van der Waals surface area contributed by atoms with Crippen molar-refractivity contribution in [2.24, 2.45) is 0 Å². The molecule has 124 valence electrons. The van der Waals surface area contributed by atoms with Gasteiger partial charge in [0, 0.05) is 12.3 Å². The molecule has 6 heteroatoms. The number of rotatable bonds is 2. The first-order valence-electron chi connectivity index (χ1n) is 7.81. The highest BCUT2D eigenvalue weighted by Gasteiger charge is 2.33. The third-order valence-electron chi connectivity index (χ3n) is 4.11. The van der Waals surface area contributed by atoms with Gasteiger partial charge in [-0.3, -0.25) is 4.79 Å². The maximum atomic E-state index is 14.0. The molecule has 2 aliphatic rings. The summed E-state index contributed by atoms with van der Waals surface area (Å²) in [5.41, 5.74) is 1.08. The molecule has 0 radical (unpaired) electrons. The van der Waals surface area contributed by atoms with Crippen LogP contribution in [-0.2, 0) is 0 Å². The minimum absolute atomic E-state index is 0.113. The van der Waals surface area contributed by atoms with Crippen molar-refractivity contribution in [2.45, 2.75) is 5.37 Å². The summed E-state index contributed by atoms with van der Waals surface area (Å²) in [7, 11) is 0. The van der Waals surface area contributed by atoms with Crippen LogP contribution in [0.1, 0.15) is 21.3 Å². The van der Waals surface area contributed by atoms with E-state index in [2.05, 4.69) is 0 Å². The van der Waals surface area contributed by atoms with Gasteiger partial charge in [-0.25, -0.2) is 4.39 Å². The topological polar surface area (TPSA) is 38.8 Å². The van der Waals surface area contributed by atoms with Crippen LogP contribution >= 0.6 is 11.8 Å². The highest BCUT2D eigenvalue weighted by Crippen LogP contribution is 2.42. The van der Waals surface area contributed by atoms with Gasteiger partial charge in [0.25, 0.3) is 5.91 Å². The van der Waals surface area contributed by atoms with Gasteiger partial charge in [0.1, 0.15) is 24.4 Å². The Hall–Kier alpha value is -2.21. The number of carbonyl (C=O) groups is 1. The van der Waals surface area contributed by atoms with Crippen LogP contribution in [0.2, 0.25) is 0 Å². The molecule has 0 spiro atoms. The van der Waals surface area contributed by atoms with Crippen molar-refractivity contribution in [1.82, 2.24) is 4.90 Å². The Morgan fingerprint density at radius 2 is 1.92 bits per heavy atom. The summed E-state index contributed by atoms with van der Waals surface area (Å²) in [6.45, 7) is 1.66. The van der Waals surface area contributed by atoms with Gasteiger partial charge in [-0.2, -0.15) is 0 Å². The van der Waals surface area contributed by atoms with Crippen LogP contribution in [0.5, 0.6) is 11.5 Å². The van der Waals surface area contributed by atoms with E-state index < -0.39 is 5.82 Å². The zero-order valence-electron chi connectivity index (χ0n) is 12.9. The molecule has 4 rings (SSSR count). The Morgan fingerprint density at radius 1 is 1.12 bits per heavy atom. The number of benzene rings is 2. The molecule has 1 fully saturated rings. The number of hydrogen-bond donors (Lipinski definition) is 0. The van der Waals surface area contributed by atoms with E-state index in [0.29, 0.717) is 25.5 Å². The molecule has 4 nitrogen and oxygen atoms in total. The van der Waals surface area contributed by atoms with Gasteiger partial charge in [-0.05, 0) is 29.8 Å². The first-order valence-corrected chi connectivity index (χ1v) is 8.85. The van der Waals surface area contributed by atoms with Crippen molar-refractivity contribution in [2.75, 3.05) is 25.5 Å². The van der Waals surface area contributed by atoms with Crippen LogP contribution in [0.3, 0.4) is 0 Å². The Balaban J connectivity index is 1.63. The maximum absolute atomic E-state index is 14.0.